The molecule has 4 fully saturated rings. The number of hydrogen-bond donors (Lipinski definition) is 0. The fourth-order valence-electron chi connectivity index (χ4n) is 4.69. The van der Waals surface area contributed by atoms with Gasteiger partial charge in [-0.3, -0.25) is 4.79 Å². The fraction of sp³-hybridized carbons (Fsp3) is 0.938. The Morgan fingerprint density at radius 2 is 1.50 bits per heavy atom. The molecule has 0 aromatic heterocycles. The van der Waals surface area contributed by atoms with Crippen molar-refractivity contribution in [2.24, 2.45) is 29.1 Å². The first-order chi connectivity index (χ1) is 8.40. The molecule has 0 N–H and O–H groups in total. The summed E-state index contributed by atoms with van der Waals surface area (Å²) in [5.41, 5.74) is 0.0446. The molecule has 4 saturated carbocycles. The van der Waals surface area contributed by atoms with E-state index in [-0.39, 0.29) is 17.5 Å². The molecule has 18 heavy (non-hydrogen) atoms. The second-order valence-corrected chi connectivity index (χ2v) is 8.12. The molecular weight excluding hydrogens is 224 g/mol. The molecule has 0 aromatic rings. The average molecular weight is 250 g/mol. The van der Waals surface area contributed by atoms with E-state index in [0.717, 1.165) is 11.8 Å². The molecule has 2 heteroatoms. The first kappa shape index (κ1) is 12.5. The van der Waals surface area contributed by atoms with Crippen LogP contribution in [0.25, 0.3) is 0 Å². The van der Waals surface area contributed by atoms with Crippen molar-refractivity contribution in [2.45, 2.75) is 65.4 Å². The highest BCUT2D eigenvalue weighted by atomic mass is 16.5. The highest BCUT2D eigenvalue weighted by Gasteiger charge is 2.49. The molecule has 0 heterocycles. The molecule has 4 aliphatic carbocycles. The van der Waals surface area contributed by atoms with Crippen molar-refractivity contribution in [2.75, 3.05) is 0 Å². The Hall–Kier alpha value is -0.530. The Kier molecular flexibility index (Phi) is 2.95. The average Bonchev–Trinajstić information content (AvgIpc) is 2.19. The van der Waals surface area contributed by atoms with Gasteiger partial charge in [0.05, 0.1) is 6.42 Å². The van der Waals surface area contributed by atoms with E-state index in [4.69, 9.17) is 4.74 Å². The molecule has 4 bridgehead atoms. The Balaban J connectivity index is 1.62. The van der Waals surface area contributed by atoms with E-state index in [1.54, 1.807) is 0 Å². The van der Waals surface area contributed by atoms with Crippen molar-refractivity contribution in [1.82, 2.24) is 0 Å². The normalized spacial score (nSPS) is 42.1. The Morgan fingerprint density at radius 3 is 1.94 bits per heavy atom. The number of carbonyl (C=O) groups is 1. The number of hydrogen-bond acceptors (Lipinski definition) is 2. The number of carbonyl (C=O) groups excluding carboxylic acids is 1. The van der Waals surface area contributed by atoms with Crippen molar-refractivity contribution >= 4 is 5.97 Å². The summed E-state index contributed by atoms with van der Waals surface area (Å²) in [7, 11) is 0. The van der Waals surface area contributed by atoms with E-state index < -0.39 is 0 Å². The van der Waals surface area contributed by atoms with Crippen LogP contribution in [-0.4, -0.2) is 12.1 Å². The molecule has 0 aliphatic heterocycles. The van der Waals surface area contributed by atoms with Crippen LogP contribution in [0, 0.1) is 29.1 Å². The van der Waals surface area contributed by atoms with Gasteiger partial charge >= 0.3 is 5.97 Å². The molecule has 4 aliphatic rings. The van der Waals surface area contributed by atoms with E-state index in [9.17, 15) is 4.79 Å². The summed E-state index contributed by atoms with van der Waals surface area (Å²) < 4.78 is 5.86. The summed E-state index contributed by atoms with van der Waals surface area (Å²) >= 11 is 0. The maximum atomic E-state index is 12.0. The minimum absolute atomic E-state index is 0.0278. The Labute approximate surface area is 110 Å². The van der Waals surface area contributed by atoms with Gasteiger partial charge in [0, 0.05) is 0 Å². The van der Waals surface area contributed by atoms with Crippen LogP contribution in [0.2, 0.25) is 0 Å². The maximum absolute atomic E-state index is 12.0. The van der Waals surface area contributed by atoms with Crippen LogP contribution in [-0.2, 0) is 9.53 Å². The summed E-state index contributed by atoms with van der Waals surface area (Å²) in [4.78, 5) is 12.0. The first-order valence-electron chi connectivity index (χ1n) is 7.60. The van der Waals surface area contributed by atoms with Gasteiger partial charge < -0.3 is 4.74 Å². The third-order valence-electron chi connectivity index (χ3n) is 5.08. The molecule has 0 radical (unpaired) electrons. The minimum atomic E-state index is 0.0278. The van der Waals surface area contributed by atoms with Gasteiger partial charge in [0.1, 0.15) is 6.10 Å². The van der Waals surface area contributed by atoms with E-state index in [2.05, 4.69) is 20.8 Å². The highest BCUT2D eigenvalue weighted by Crippen LogP contribution is 2.54. The van der Waals surface area contributed by atoms with Crippen LogP contribution in [0.5, 0.6) is 0 Å². The molecule has 0 aromatic carbocycles. The molecule has 102 valence electrons. The molecule has 0 amide bonds. The Bertz CT molecular complexity index is 311. The van der Waals surface area contributed by atoms with Gasteiger partial charge in [-0.2, -0.15) is 0 Å². The van der Waals surface area contributed by atoms with Gasteiger partial charge in [-0.25, -0.2) is 0 Å². The molecule has 0 spiro atoms. The van der Waals surface area contributed by atoms with E-state index in [1.165, 1.54) is 32.1 Å². The summed E-state index contributed by atoms with van der Waals surface area (Å²) in [5.74, 6) is 3.30. The second-order valence-electron chi connectivity index (χ2n) is 8.12. The zero-order chi connectivity index (χ0) is 12.9. The summed E-state index contributed by atoms with van der Waals surface area (Å²) in [6, 6.07) is 0. The van der Waals surface area contributed by atoms with Crippen LogP contribution in [0.1, 0.15) is 59.3 Å². The van der Waals surface area contributed by atoms with Crippen molar-refractivity contribution in [3.8, 4) is 0 Å². The van der Waals surface area contributed by atoms with Gasteiger partial charge in [-0.15, -0.1) is 0 Å². The van der Waals surface area contributed by atoms with E-state index in [1.807, 2.05) is 0 Å². The molecular formula is C16H26O2. The van der Waals surface area contributed by atoms with Gasteiger partial charge in [0.25, 0.3) is 0 Å². The zero-order valence-electron chi connectivity index (χ0n) is 11.9. The third kappa shape index (κ3) is 2.44. The van der Waals surface area contributed by atoms with Gasteiger partial charge in [0.2, 0.25) is 0 Å². The van der Waals surface area contributed by atoms with Crippen molar-refractivity contribution in [1.29, 1.82) is 0 Å². The van der Waals surface area contributed by atoms with Crippen LogP contribution >= 0.6 is 0 Å². The molecule has 4 rings (SSSR count). The van der Waals surface area contributed by atoms with Gasteiger partial charge in [0.15, 0.2) is 0 Å². The topological polar surface area (TPSA) is 26.3 Å². The SMILES string of the molecule is CC(C)(C)CC(=O)OC1C2CC3CC(C2)CC1C3. The second kappa shape index (κ2) is 4.25. The van der Waals surface area contributed by atoms with Crippen molar-refractivity contribution in [3.63, 3.8) is 0 Å². The smallest absolute Gasteiger partial charge is 0.306 e. The van der Waals surface area contributed by atoms with Crippen LogP contribution < -0.4 is 0 Å². The fourth-order valence-corrected chi connectivity index (χ4v) is 4.69. The monoisotopic (exact) mass is 250 g/mol. The lowest BCUT2D eigenvalue weighted by molar-refractivity contribution is -0.172. The zero-order valence-corrected chi connectivity index (χ0v) is 11.9. The highest BCUT2D eigenvalue weighted by molar-refractivity contribution is 5.70. The molecule has 0 unspecified atom stereocenters. The van der Waals surface area contributed by atoms with Crippen molar-refractivity contribution < 1.29 is 9.53 Å². The van der Waals surface area contributed by atoms with Crippen LogP contribution in [0.15, 0.2) is 0 Å². The molecule has 2 nitrogen and oxygen atoms in total. The van der Waals surface area contributed by atoms with Gasteiger partial charge in [-0.05, 0) is 61.2 Å². The largest absolute Gasteiger partial charge is 0.462 e. The third-order valence-corrected chi connectivity index (χ3v) is 5.08. The minimum Gasteiger partial charge on any atom is -0.462 e. The van der Waals surface area contributed by atoms with E-state index >= 15 is 0 Å². The predicted molar refractivity (Wildman–Crippen MR) is 71.0 cm³/mol. The summed E-state index contributed by atoms with van der Waals surface area (Å²) in [5, 5.41) is 0. The molecule has 0 saturated heterocycles. The quantitative estimate of drug-likeness (QED) is 0.697. The Morgan fingerprint density at radius 1 is 1.00 bits per heavy atom. The number of rotatable bonds is 2. The lowest BCUT2D eigenvalue weighted by Gasteiger charge is -2.53. The van der Waals surface area contributed by atoms with E-state index in [0.29, 0.717) is 18.3 Å². The first-order valence-corrected chi connectivity index (χ1v) is 7.60. The lowest BCUT2D eigenvalue weighted by Crippen LogP contribution is -2.50. The van der Waals surface area contributed by atoms with Crippen molar-refractivity contribution in [3.05, 3.63) is 0 Å². The molecule has 0 atom stereocenters. The van der Waals surface area contributed by atoms with Crippen LogP contribution in [0.3, 0.4) is 0 Å². The lowest BCUT2D eigenvalue weighted by atomic mass is 9.55. The van der Waals surface area contributed by atoms with Gasteiger partial charge in [-0.1, -0.05) is 20.8 Å². The summed E-state index contributed by atoms with van der Waals surface area (Å²) in [6.07, 6.45) is 7.54. The predicted octanol–water partition coefficient (Wildman–Crippen LogP) is 3.79. The van der Waals surface area contributed by atoms with Crippen LogP contribution in [0.4, 0.5) is 0 Å². The standard InChI is InChI=1S/C16H26O2/c1-16(2,3)9-14(17)18-15-12-5-10-4-11(7-12)8-13(15)6-10/h10-13,15H,4-9H2,1-3H3. The number of ether oxygens (including phenoxy) is 1. The number of esters is 1. The summed E-state index contributed by atoms with van der Waals surface area (Å²) in [6.45, 7) is 6.31. The maximum Gasteiger partial charge on any atom is 0.306 e.